The van der Waals surface area contributed by atoms with Crippen LogP contribution < -0.4 is 5.56 Å². The fourth-order valence-electron chi connectivity index (χ4n) is 4.19. The van der Waals surface area contributed by atoms with Crippen LogP contribution in [-0.2, 0) is 25.7 Å². The lowest BCUT2D eigenvalue weighted by Crippen LogP contribution is -2.33. The molecule has 1 aliphatic heterocycles. The van der Waals surface area contributed by atoms with Crippen LogP contribution in [0.4, 0.5) is 0 Å². The van der Waals surface area contributed by atoms with Crippen LogP contribution in [0.3, 0.4) is 0 Å². The van der Waals surface area contributed by atoms with E-state index >= 15 is 0 Å². The number of nitrogens with one attached hydrogen (secondary N) is 1. The Hall–Kier alpha value is -3.53. The van der Waals surface area contributed by atoms with Gasteiger partial charge in [0.2, 0.25) is 11.8 Å². The van der Waals surface area contributed by atoms with Gasteiger partial charge in [0.25, 0.3) is 5.56 Å². The third-order valence-electron chi connectivity index (χ3n) is 5.79. The Morgan fingerprint density at radius 1 is 1.22 bits per heavy atom. The molecule has 2 aliphatic rings. The molecule has 0 bridgehead atoms. The van der Waals surface area contributed by atoms with Gasteiger partial charge in [0, 0.05) is 17.5 Å². The number of carbonyl (C=O) groups excluding carboxylic acids is 3. The fourth-order valence-corrected chi connectivity index (χ4v) is 5.14. The number of hydrogen-bond donors (Lipinski definition) is 1. The summed E-state index contributed by atoms with van der Waals surface area (Å²) >= 11 is 1.29. The molecular weight excluding hydrogens is 434 g/mol. The smallest absolute Gasteiger partial charge is 0.308 e. The van der Waals surface area contributed by atoms with Gasteiger partial charge in [-0.25, -0.2) is 4.98 Å². The summed E-state index contributed by atoms with van der Waals surface area (Å²) < 4.78 is 10.6. The van der Waals surface area contributed by atoms with Crippen LogP contribution in [-0.4, -0.2) is 39.2 Å². The molecule has 1 N–H and O–H groups in total. The van der Waals surface area contributed by atoms with Crippen molar-refractivity contribution in [3.63, 3.8) is 0 Å². The molecule has 1 saturated heterocycles. The van der Waals surface area contributed by atoms with Crippen LogP contribution in [0.25, 0.3) is 21.5 Å². The molecule has 164 valence electrons. The molecule has 0 saturated carbocycles. The van der Waals surface area contributed by atoms with Crippen LogP contribution in [0.1, 0.15) is 25.1 Å². The average molecular weight is 453 g/mol. The molecule has 1 aliphatic carbocycles. The Morgan fingerprint density at radius 2 is 1.97 bits per heavy atom. The molecular formula is C22H19N3O6S. The van der Waals surface area contributed by atoms with Gasteiger partial charge in [-0.2, -0.15) is 0 Å². The molecule has 10 heteroatoms. The normalized spacial score (nSPS) is 20.2. The number of carbonyl (C=O) groups is 3. The summed E-state index contributed by atoms with van der Waals surface area (Å²) in [5.74, 6) is -0.873. The van der Waals surface area contributed by atoms with Crippen molar-refractivity contribution in [1.29, 1.82) is 0 Å². The van der Waals surface area contributed by atoms with Crippen molar-refractivity contribution in [3.8, 4) is 11.3 Å². The second-order valence-corrected chi connectivity index (χ2v) is 8.57. The van der Waals surface area contributed by atoms with Crippen LogP contribution in [0.5, 0.6) is 0 Å². The van der Waals surface area contributed by atoms with Crippen molar-refractivity contribution in [2.75, 3.05) is 6.54 Å². The van der Waals surface area contributed by atoms with E-state index in [9.17, 15) is 19.2 Å². The largest absolute Gasteiger partial charge is 0.464 e. The first kappa shape index (κ1) is 20.4. The SMILES string of the molecule is O=C(CCN1C(=O)C2CC=CCC2C1=O)OCc1nc2scc(-c3ccco3)c2c(=O)[nH]1. The van der Waals surface area contributed by atoms with Crippen molar-refractivity contribution in [2.45, 2.75) is 25.9 Å². The number of rotatable bonds is 6. The first-order valence-corrected chi connectivity index (χ1v) is 11.1. The lowest BCUT2D eigenvalue weighted by Gasteiger charge is -2.14. The van der Waals surface area contributed by atoms with Gasteiger partial charge in [0.15, 0.2) is 0 Å². The summed E-state index contributed by atoms with van der Waals surface area (Å²) in [6.45, 7) is -0.223. The van der Waals surface area contributed by atoms with Gasteiger partial charge in [0.1, 0.15) is 23.0 Å². The minimum absolute atomic E-state index is 0.0100. The van der Waals surface area contributed by atoms with E-state index in [4.69, 9.17) is 9.15 Å². The Balaban J connectivity index is 1.21. The molecule has 0 spiro atoms. The first-order chi connectivity index (χ1) is 15.5. The lowest BCUT2D eigenvalue weighted by molar-refractivity contribution is -0.147. The van der Waals surface area contributed by atoms with Crippen molar-refractivity contribution in [2.24, 2.45) is 11.8 Å². The van der Waals surface area contributed by atoms with Crippen LogP contribution in [0, 0.1) is 11.8 Å². The van der Waals surface area contributed by atoms with Crippen molar-refractivity contribution >= 4 is 39.3 Å². The number of thiophene rings is 1. The highest BCUT2D eigenvalue weighted by Crippen LogP contribution is 2.35. The Morgan fingerprint density at radius 3 is 2.66 bits per heavy atom. The van der Waals surface area contributed by atoms with E-state index in [1.165, 1.54) is 17.6 Å². The second-order valence-electron chi connectivity index (χ2n) is 7.71. The molecule has 4 heterocycles. The van der Waals surface area contributed by atoms with E-state index in [2.05, 4.69) is 9.97 Å². The number of likely N-dealkylation sites (tertiary alicyclic amines) is 1. The number of nitrogens with zero attached hydrogens (tertiary/aromatic N) is 2. The Bertz CT molecular complexity index is 1260. The number of imide groups is 1. The Labute approximate surface area is 185 Å². The number of aromatic nitrogens is 2. The number of ether oxygens (including phenoxy) is 1. The van der Waals surface area contributed by atoms with Gasteiger partial charge < -0.3 is 14.1 Å². The van der Waals surface area contributed by atoms with E-state index in [0.29, 0.717) is 34.4 Å². The summed E-state index contributed by atoms with van der Waals surface area (Å²) in [4.78, 5) is 58.3. The lowest BCUT2D eigenvalue weighted by atomic mass is 9.85. The summed E-state index contributed by atoms with van der Waals surface area (Å²) in [5.41, 5.74) is 0.307. The molecule has 9 nitrogen and oxygen atoms in total. The number of esters is 1. The van der Waals surface area contributed by atoms with Gasteiger partial charge >= 0.3 is 5.97 Å². The molecule has 5 rings (SSSR count). The molecule has 3 aromatic rings. The minimum atomic E-state index is -0.580. The predicted octanol–water partition coefficient (Wildman–Crippen LogP) is 2.63. The number of allylic oxidation sites excluding steroid dienone is 2. The molecule has 1 fully saturated rings. The summed E-state index contributed by atoms with van der Waals surface area (Å²) in [7, 11) is 0. The second kappa shape index (κ2) is 8.19. The monoisotopic (exact) mass is 453 g/mol. The standard InChI is InChI=1S/C22H19N3O6S/c26-17(7-8-25-21(28)12-4-1-2-5-13(12)22(25)29)31-10-16-23-19(27)18-14(11-32-20(18)24-16)15-6-3-9-30-15/h1-3,6,9,11-13H,4-5,7-8,10H2,(H,23,24,27). The van der Waals surface area contributed by atoms with Gasteiger partial charge in [-0.1, -0.05) is 12.2 Å². The van der Waals surface area contributed by atoms with Crippen LogP contribution in [0.2, 0.25) is 0 Å². The number of furan rings is 1. The van der Waals surface area contributed by atoms with E-state index in [1.54, 1.807) is 17.5 Å². The van der Waals surface area contributed by atoms with E-state index in [0.717, 1.165) is 4.90 Å². The fraction of sp³-hybridized carbons (Fsp3) is 0.318. The Kier molecular flexibility index (Phi) is 5.22. The van der Waals surface area contributed by atoms with Gasteiger partial charge in [0.05, 0.1) is 29.9 Å². The molecule has 0 aromatic carbocycles. The minimum Gasteiger partial charge on any atom is -0.464 e. The van der Waals surface area contributed by atoms with E-state index in [1.807, 2.05) is 12.2 Å². The topological polar surface area (TPSA) is 123 Å². The third-order valence-corrected chi connectivity index (χ3v) is 6.66. The molecule has 2 atom stereocenters. The number of hydrogen-bond acceptors (Lipinski definition) is 8. The first-order valence-electron chi connectivity index (χ1n) is 10.2. The summed E-state index contributed by atoms with van der Waals surface area (Å²) in [6, 6.07) is 3.50. The van der Waals surface area contributed by atoms with Gasteiger partial charge in [-0.15, -0.1) is 11.3 Å². The van der Waals surface area contributed by atoms with Crippen LogP contribution in [0.15, 0.2) is 45.1 Å². The highest BCUT2D eigenvalue weighted by Gasteiger charge is 2.46. The average Bonchev–Trinajstić information content (AvgIpc) is 3.51. The quantitative estimate of drug-likeness (QED) is 0.346. The van der Waals surface area contributed by atoms with Crippen molar-refractivity contribution in [3.05, 3.63) is 52.1 Å². The zero-order chi connectivity index (χ0) is 22.2. The highest BCUT2D eigenvalue weighted by molar-refractivity contribution is 7.17. The molecule has 2 amide bonds. The van der Waals surface area contributed by atoms with Gasteiger partial charge in [-0.05, 0) is 25.0 Å². The van der Waals surface area contributed by atoms with E-state index in [-0.39, 0.29) is 54.6 Å². The molecule has 32 heavy (non-hydrogen) atoms. The zero-order valence-corrected chi connectivity index (χ0v) is 17.7. The number of H-pyrrole nitrogens is 1. The zero-order valence-electron chi connectivity index (χ0n) is 16.9. The maximum atomic E-state index is 12.6. The number of amides is 2. The maximum Gasteiger partial charge on any atom is 0.308 e. The molecule has 0 radical (unpaired) electrons. The molecule has 3 aromatic heterocycles. The summed E-state index contributed by atoms with van der Waals surface area (Å²) in [5, 5.41) is 2.21. The van der Waals surface area contributed by atoms with Crippen molar-refractivity contribution in [1.82, 2.24) is 14.9 Å². The molecule has 2 unspecified atom stereocenters. The number of aromatic amines is 1. The number of fused-ring (bicyclic) bond motifs is 2. The highest BCUT2D eigenvalue weighted by atomic mass is 32.1. The van der Waals surface area contributed by atoms with E-state index < -0.39 is 5.97 Å². The maximum absolute atomic E-state index is 12.6. The van der Waals surface area contributed by atoms with Gasteiger partial charge in [-0.3, -0.25) is 24.1 Å². The van der Waals surface area contributed by atoms with Crippen LogP contribution >= 0.6 is 11.3 Å². The predicted molar refractivity (Wildman–Crippen MR) is 114 cm³/mol. The third kappa shape index (κ3) is 3.56. The summed E-state index contributed by atoms with van der Waals surface area (Å²) in [6.07, 6.45) is 6.37. The van der Waals surface area contributed by atoms with Crippen molar-refractivity contribution < 1.29 is 23.5 Å².